The van der Waals surface area contributed by atoms with E-state index >= 15 is 0 Å². The van der Waals surface area contributed by atoms with E-state index in [0.29, 0.717) is 12.6 Å². The van der Waals surface area contributed by atoms with Crippen molar-refractivity contribution in [3.8, 4) is 5.75 Å². The van der Waals surface area contributed by atoms with E-state index in [0.717, 1.165) is 29.7 Å². The fraction of sp³-hybridized carbons (Fsp3) is 0.235. The van der Waals surface area contributed by atoms with Gasteiger partial charge in [0.1, 0.15) is 5.75 Å². The highest BCUT2D eigenvalue weighted by Crippen LogP contribution is 2.18. The predicted octanol–water partition coefficient (Wildman–Crippen LogP) is 3.40. The van der Waals surface area contributed by atoms with E-state index in [9.17, 15) is 0 Å². The first-order valence-corrected chi connectivity index (χ1v) is 7.14. The molecule has 1 heterocycles. The second-order valence-corrected chi connectivity index (χ2v) is 5.13. The van der Waals surface area contributed by atoms with Gasteiger partial charge in [-0.2, -0.15) is 0 Å². The van der Waals surface area contributed by atoms with Gasteiger partial charge >= 0.3 is 0 Å². The molecule has 3 aromatic rings. The lowest BCUT2D eigenvalue weighted by atomic mass is 10.2. The molecular weight excluding hydrogens is 262 g/mol. The summed E-state index contributed by atoms with van der Waals surface area (Å²) >= 11 is 0. The molecule has 0 aliphatic carbocycles. The van der Waals surface area contributed by atoms with E-state index in [4.69, 9.17) is 10.5 Å². The Morgan fingerprint density at radius 1 is 1.10 bits per heavy atom. The van der Waals surface area contributed by atoms with Gasteiger partial charge < -0.3 is 15.0 Å². The number of hydrogen-bond acceptors (Lipinski definition) is 3. The van der Waals surface area contributed by atoms with Crippen LogP contribution in [0.1, 0.15) is 12.0 Å². The number of ether oxygens (including phenoxy) is 1. The van der Waals surface area contributed by atoms with Crippen molar-refractivity contribution >= 4 is 17.0 Å². The Balaban J connectivity index is 1.59. The molecule has 4 nitrogen and oxygen atoms in total. The number of nitrogens with two attached hydrogens (primary N) is 1. The number of nitrogens with zero attached hydrogens (tertiary/aromatic N) is 2. The zero-order valence-corrected chi connectivity index (χ0v) is 12.1. The van der Waals surface area contributed by atoms with E-state index in [2.05, 4.69) is 24.0 Å². The lowest BCUT2D eigenvalue weighted by Gasteiger charge is -2.08. The SMILES string of the molecule is Cc1ccc(OCCCn2c(N)nc3ccccc32)cc1. The third kappa shape index (κ3) is 2.99. The molecule has 0 fully saturated rings. The average Bonchev–Trinajstić information content (AvgIpc) is 2.81. The van der Waals surface area contributed by atoms with E-state index in [1.54, 1.807) is 0 Å². The van der Waals surface area contributed by atoms with Crippen LogP contribution in [0.15, 0.2) is 48.5 Å². The number of aromatic nitrogens is 2. The molecule has 2 N–H and O–H groups in total. The van der Waals surface area contributed by atoms with Crippen LogP contribution in [-0.4, -0.2) is 16.2 Å². The highest BCUT2D eigenvalue weighted by molar-refractivity contribution is 5.78. The van der Waals surface area contributed by atoms with Gasteiger partial charge in [-0.25, -0.2) is 4.98 Å². The summed E-state index contributed by atoms with van der Waals surface area (Å²) in [6, 6.07) is 16.1. The van der Waals surface area contributed by atoms with Crippen molar-refractivity contribution in [2.45, 2.75) is 19.9 Å². The first-order valence-electron chi connectivity index (χ1n) is 7.14. The monoisotopic (exact) mass is 281 g/mol. The normalized spacial score (nSPS) is 10.9. The summed E-state index contributed by atoms with van der Waals surface area (Å²) < 4.78 is 7.77. The molecule has 0 radical (unpaired) electrons. The van der Waals surface area contributed by atoms with Crippen LogP contribution < -0.4 is 10.5 Å². The molecule has 21 heavy (non-hydrogen) atoms. The molecule has 0 aliphatic rings. The van der Waals surface area contributed by atoms with Gasteiger partial charge in [-0.3, -0.25) is 0 Å². The number of hydrogen-bond donors (Lipinski definition) is 1. The van der Waals surface area contributed by atoms with Crippen molar-refractivity contribution in [3.05, 3.63) is 54.1 Å². The van der Waals surface area contributed by atoms with Gasteiger partial charge in [0.2, 0.25) is 5.95 Å². The predicted molar refractivity (Wildman–Crippen MR) is 85.4 cm³/mol. The summed E-state index contributed by atoms with van der Waals surface area (Å²) in [6.45, 7) is 3.53. The Hall–Kier alpha value is -2.49. The van der Waals surface area contributed by atoms with Crippen LogP contribution in [0.5, 0.6) is 5.75 Å². The molecule has 108 valence electrons. The Bertz CT molecular complexity index is 731. The van der Waals surface area contributed by atoms with Gasteiger partial charge in [0.05, 0.1) is 17.6 Å². The van der Waals surface area contributed by atoms with Crippen molar-refractivity contribution in [1.82, 2.24) is 9.55 Å². The van der Waals surface area contributed by atoms with E-state index in [-0.39, 0.29) is 0 Å². The lowest BCUT2D eigenvalue weighted by Crippen LogP contribution is -2.07. The fourth-order valence-corrected chi connectivity index (χ4v) is 2.38. The van der Waals surface area contributed by atoms with Crippen molar-refractivity contribution in [1.29, 1.82) is 0 Å². The van der Waals surface area contributed by atoms with Crippen LogP contribution in [0, 0.1) is 6.92 Å². The molecule has 0 amide bonds. The van der Waals surface area contributed by atoms with Crippen molar-refractivity contribution in [2.75, 3.05) is 12.3 Å². The summed E-state index contributed by atoms with van der Waals surface area (Å²) in [4.78, 5) is 4.36. The molecule has 0 unspecified atom stereocenters. The minimum absolute atomic E-state index is 0.562. The smallest absolute Gasteiger partial charge is 0.201 e. The summed E-state index contributed by atoms with van der Waals surface area (Å²) in [5.74, 6) is 1.47. The summed E-state index contributed by atoms with van der Waals surface area (Å²) in [7, 11) is 0. The maximum absolute atomic E-state index is 5.97. The molecule has 4 heteroatoms. The number of aryl methyl sites for hydroxylation is 2. The molecule has 0 saturated carbocycles. The van der Waals surface area contributed by atoms with Crippen molar-refractivity contribution in [2.24, 2.45) is 0 Å². The average molecular weight is 281 g/mol. The van der Waals surface area contributed by atoms with Crippen molar-refractivity contribution in [3.63, 3.8) is 0 Å². The number of benzene rings is 2. The van der Waals surface area contributed by atoms with Crippen molar-refractivity contribution < 1.29 is 4.74 Å². The molecule has 0 bridgehead atoms. The number of para-hydroxylation sites is 2. The first-order chi connectivity index (χ1) is 10.2. The molecule has 3 rings (SSSR count). The Morgan fingerprint density at radius 3 is 2.67 bits per heavy atom. The summed E-state index contributed by atoms with van der Waals surface area (Å²) in [6.07, 6.45) is 0.887. The maximum atomic E-state index is 5.97. The largest absolute Gasteiger partial charge is 0.494 e. The molecular formula is C17H19N3O. The second kappa shape index (κ2) is 5.87. The molecule has 0 saturated heterocycles. The third-order valence-electron chi connectivity index (χ3n) is 3.50. The zero-order chi connectivity index (χ0) is 14.7. The number of rotatable bonds is 5. The fourth-order valence-electron chi connectivity index (χ4n) is 2.38. The topological polar surface area (TPSA) is 53.1 Å². The zero-order valence-electron chi connectivity index (χ0n) is 12.1. The van der Waals surface area contributed by atoms with Gasteiger partial charge in [0, 0.05) is 6.54 Å². The molecule has 0 atom stereocenters. The lowest BCUT2D eigenvalue weighted by molar-refractivity contribution is 0.303. The number of imidazole rings is 1. The molecule has 0 aliphatic heterocycles. The highest BCUT2D eigenvalue weighted by Gasteiger charge is 2.06. The first kappa shape index (κ1) is 13.5. The summed E-state index contributed by atoms with van der Waals surface area (Å²) in [5, 5.41) is 0. The number of fused-ring (bicyclic) bond motifs is 1. The van der Waals surface area contributed by atoms with Gasteiger partial charge in [-0.1, -0.05) is 29.8 Å². The molecule has 2 aromatic carbocycles. The van der Waals surface area contributed by atoms with Crippen LogP contribution >= 0.6 is 0 Å². The van der Waals surface area contributed by atoms with E-state index in [1.165, 1.54) is 5.56 Å². The Labute approximate surface area is 124 Å². The van der Waals surface area contributed by atoms with E-state index in [1.807, 2.05) is 41.0 Å². The third-order valence-corrected chi connectivity index (χ3v) is 3.50. The van der Waals surface area contributed by atoms with Gasteiger partial charge in [-0.05, 0) is 37.6 Å². The maximum Gasteiger partial charge on any atom is 0.201 e. The Morgan fingerprint density at radius 2 is 1.86 bits per heavy atom. The highest BCUT2D eigenvalue weighted by atomic mass is 16.5. The Kier molecular flexibility index (Phi) is 3.77. The molecule has 0 spiro atoms. The van der Waals surface area contributed by atoms with Gasteiger partial charge in [0.25, 0.3) is 0 Å². The number of anilines is 1. The molecule has 1 aromatic heterocycles. The number of nitrogen functional groups attached to an aromatic ring is 1. The second-order valence-electron chi connectivity index (χ2n) is 5.13. The summed E-state index contributed by atoms with van der Waals surface area (Å²) in [5.41, 5.74) is 9.22. The van der Waals surface area contributed by atoms with Gasteiger partial charge in [0.15, 0.2) is 0 Å². The minimum Gasteiger partial charge on any atom is -0.494 e. The standard InChI is InChI=1S/C17H19N3O/c1-13-7-9-14(10-8-13)21-12-4-11-20-16-6-3-2-5-15(16)19-17(20)18/h2-3,5-10H,4,11-12H2,1H3,(H2,18,19). The van der Waals surface area contributed by atoms with Crippen LogP contribution in [0.3, 0.4) is 0 Å². The minimum atomic E-state index is 0.562. The van der Waals surface area contributed by atoms with Crippen LogP contribution in [0.25, 0.3) is 11.0 Å². The quantitative estimate of drug-likeness (QED) is 0.729. The van der Waals surface area contributed by atoms with Crippen LogP contribution in [0.2, 0.25) is 0 Å². The van der Waals surface area contributed by atoms with Gasteiger partial charge in [-0.15, -0.1) is 0 Å². The van der Waals surface area contributed by atoms with Crippen LogP contribution in [0.4, 0.5) is 5.95 Å². The van der Waals surface area contributed by atoms with Crippen LogP contribution in [-0.2, 0) is 6.54 Å². The van der Waals surface area contributed by atoms with E-state index < -0.39 is 0 Å².